The van der Waals surface area contributed by atoms with E-state index in [2.05, 4.69) is 0 Å². The lowest BCUT2D eigenvalue weighted by Crippen LogP contribution is -2.50. The highest BCUT2D eigenvalue weighted by atomic mass is 16.5. The highest BCUT2D eigenvalue weighted by Crippen LogP contribution is 2.22. The van der Waals surface area contributed by atoms with Crippen molar-refractivity contribution in [3.63, 3.8) is 0 Å². The van der Waals surface area contributed by atoms with E-state index in [9.17, 15) is 9.59 Å². The molecule has 5 heteroatoms. The number of amides is 2. The summed E-state index contributed by atoms with van der Waals surface area (Å²) in [6.45, 7) is 3.18. The molecule has 1 aliphatic rings. The van der Waals surface area contributed by atoms with Crippen molar-refractivity contribution in [2.45, 2.75) is 13.3 Å². The van der Waals surface area contributed by atoms with Crippen molar-refractivity contribution in [2.75, 3.05) is 20.2 Å². The quantitative estimate of drug-likeness (QED) is 0.831. The fraction of sp³-hybridized carbons (Fsp3) is 0.375. The largest absolute Gasteiger partial charge is 0.496 e. The molecule has 1 aromatic carbocycles. The number of primary amides is 1. The third kappa shape index (κ3) is 3.84. The van der Waals surface area contributed by atoms with Gasteiger partial charge in [0.1, 0.15) is 5.75 Å². The molecule has 2 amide bonds. The number of nitrogens with two attached hydrogens (primary N) is 1. The Morgan fingerprint density at radius 1 is 1.43 bits per heavy atom. The first-order valence-corrected chi connectivity index (χ1v) is 6.89. The minimum atomic E-state index is -0.313. The third-order valence-electron chi connectivity index (χ3n) is 3.55. The van der Waals surface area contributed by atoms with Gasteiger partial charge in [-0.2, -0.15) is 0 Å². The normalized spacial score (nSPS) is 15.0. The fourth-order valence-electron chi connectivity index (χ4n) is 2.41. The summed E-state index contributed by atoms with van der Waals surface area (Å²) in [5.74, 6) is 0.569. The van der Waals surface area contributed by atoms with Gasteiger partial charge in [-0.05, 0) is 25.1 Å². The fourth-order valence-corrected chi connectivity index (χ4v) is 2.41. The summed E-state index contributed by atoms with van der Waals surface area (Å²) in [5.41, 5.74) is 7.11. The monoisotopic (exact) mass is 288 g/mol. The van der Waals surface area contributed by atoms with Gasteiger partial charge in [0.2, 0.25) is 11.8 Å². The van der Waals surface area contributed by atoms with Crippen molar-refractivity contribution < 1.29 is 14.3 Å². The zero-order chi connectivity index (χ0) is 15.4. The van der Waals surface area contributed by atoms with E-state index in [0.717, 1.165) is 16.9 Å². The van der Waals surface area contributed by atoms with E-state index in [0.29, 0.717) is 19.5 Å². The Kier molecular flexibility index (Phi) is 4.62. The van der Waals surface area contributed by atoms with Crippen LogP contribution in [-0.2, 0) is 9.59 Å². The van der Waals surface area contributed by atoms with E-state index in [4.69, 9.17) is 10.5 Å². The van der Waals surface area contributed by atoms with Crippen LogP contribution in [-0.4, -0.2) is 36.9 Å². The van der Waals surface area contributed by atoms with Gasteiger partial charge in [-0.1, -0.05) is 11.6 Å². The Labute approximate surface area is 124 Å². The minimum Gasteiger partial charge on any atom is -0.496 e. The SMILES string of the molecule is COc1ccc(C)cc1C=CC(=O)N1CC(CC(N)=O)C1. The van der Waals surface area contributed by atoms with Crippen LogP contribution in [0.25, 0.3) is 6.08 Å². The first kappa shape index (κ1) is 15.1. The van der Waals surface area contributed by atoms with Gasteiger partial charge in [0.15, 0.2) is 0 Å². The van der Waals surface area contributed by atoms with Gasteiger partial charge in [0, 0.05) is 37.1 Å². The van der Waals surface area contributed by atoms with Crippen LogP contribution in [0.15, 0.2) is 24.3 Å². The molecule has 0 atom stereocenters. The molecule has 5 nitrogen and oxygen atoms in total. The van der Waals surface area contributed by atoms with Crippen LogP contribution in [0.1, 0.15) is 17.5 Å². The minimum absolute atomic E-state index is 0.0562. The molecule has 0 aromatic heterocycles. The Morgan fingerprint density at radius 3 is 2.76 bits per heavy atom. The van der Waals surface area contributed by atoms with Crippen molar-refractivity contribution >= 4 is 17.9 Å². The van der Waals surface area contributed by atoms with Crippen molar-refractivity contribution in [3.8, 4) is 5.75 Å². The molecule has 1 heterocycles. The number of rotatable bonds is 5. The lowest BCUT2D eigenvalue weighted by molar-refractivity contribution is -0.134. The van der Waals surface area contributed by atoms with E-state index in [1.807, 2.05) is 25.1 Å². The van der Waals surface area contributed by atoms with E-state index in [-0.39, 0.29) is 17.7 Å². The summed E-state index contributed by atoms with van der Waals surface area (Å²) >= 11 is 0. The van der Waals surface area contributed by atoms with Crippen molar-refractivity contribution in [2.24, 2.45) is 11.7 Å². The molecule has 0 aliphatic carbocycles. The maximum Gasteiger partial charge on any atom is 0.246 e. The van der Waals surface area contributed by atoms with Crippen molar-refractivity contribution in [1.82, 2.24) is 4.90 Å². The molecule has 1 aromatic rings. The molecule has 1 fully saturated rings. The number of nitrogens with zero attached hydrogens (tertiary/aromatic N) is 1. The second-order valence-corrected chi connectivity index (χ2v) is 5.36. The molecule has 112 valence electrons. The lowest BCUT2D eigenvalue weighted by atomic mass is 9.96. The summed E-state index contributed by atoms with van der Waals surface area (Å²) in [5, 5.41) is 0. The maximum absolute atomic E-state index is 12.0. The second kappa shape index (κ2) is 6.43. The van der Waals surface area contributed by atoms with Gasteiger partial charge in [0.05, 0.1) is 7.11 Å². The first-order valence-electron chi connectivity index (χ1n) is 6.89. The second-order valence-electron chi connectivity index (χ2n) is 5.36. The molecule has 0 radical (unpaired) electrons. The zero-order valence-electron chi connectivity index (χ0n) is 12.3. The van der Waals surface area contributed by atoms with E-state index < -0.39 is 0 Å². The lowest BCUT2D eigenvalue weighted by Gasteiger charge is -2.38. The van der Waals surface area contributed by atoms with E-state index in [1.54, 1.807) is 18.1 Å². The predicted molar refractivity (Wildman–Crippen MR) is 80.6 cm³/mol. The van der Waals surface area contributed by atoms with Crippen LogP contribution in [0.3, 0.4) is 0 Å². The molecular weight excluding hydrogens is 268 g/mol. The van der Waals surface area contributed by atoms with Crippen LogP contribution in [0.2, 0.25) is 0 Å². The Bertz CT molecular complexity index is 575. The molecule has 0 bridgehead atoms. The Balaban J connectivity index is 1.95. The number of likely N-dealkylation sites (tertiary alicyclic amines) is 1. The zero-order valence-corrected chi connectivity index (χ0v) is 12.3. The average Bonchev–Trinajstić information content (AvgIpc) is 2.39. The first-order chi connectivity index (χ1) is 9.99. The highest BCUT2D eigenvalue weighted by Gasteiger charge is 2.30. The van der Waals surface area contributed by atoms with Gasteiger partial charge in [0.25, 0.3) is 0 Å². The Hall–Kier alpha value is -2.30. The van der Waals surface area contributed by atoms with Gasteiger partial charge in [-0.15, -0.1) is 0 Å². The van der Waals surface area contributed by atoms with Crippen molar-refractivity contribution in [3.05, 3.63) is 35.4 Å². The van der Waals surface area contributed by atoms with Crippen LogP contribution >= 0.6 is 0 Å². The van der Waals surface area contributed by atoms with Gasteiger partial charge < -0.3 is 15.4 Å². The van der Waals surface area contributed by atoms with Crippen LogP contribution in [0, 0.1) is 12.8 Å². The average molecular weight is 288 g/mol. The van der Waals surface area contributed by atoms with Crippen LogP contribution in [0.4, 0.5) is 0 Å². The Morgan fingerprint density at radius 2 is 2.14 bits per heavy atom. The number of aryl methyl sites for hydroxylation is 1. The molecule has 1 aliphatic heterocycles. The van der Waals surface area contributed by atoms with Gasteiger partial charge in [-0.3, -0.25) is 9.59 Å². The van der Waals surface area contributed by atoms with E-state index >= 15 is 0 Å². The number of hydrogen-bond acceptors (Lipinski definition) is 3. The molecule has 0 unspecified atom stereocenters. The topological polar surface area (TPSA) is 72.6 Å². The maximum atomic E-state index is 12.0. The smallest absolute Gasteiger partial charge is 0.246 e. The molecule has 2 N–H and O–H groups in total. The summed E-state index contributed by atoms with van der Waals surface area (Å²) in [6, 6.07) is 5.81. The number of methoxy groups -OCH3 is 1. The predicted octanol–water partition coefficient (Wildman–Crippen LogP) is 1.35. The molecular formula is C16H20N2O3. The molecule has 0 spiro atoms. The van der Waals surface area contributed by atoms with Gasteiger partial charge >= 0.3 is 0 Å². The van der Waals surface area contributed by atoms with Crippen molar-refractivity contribution in [1.29, 1.82) is 0 Å². The summed E-state index contributed by atoms with van der Waals surface area (Å²) in [6.07, 6.45) is 3.65. The third-order valence-corrected chi connectivity index (χ3v) is 3.55. The summed E-state index contributed by atoms with van der Waals surface area (Å²) in [4.78, 5) is 24.5. The number of benzene rings is 1. The molecule has 2 rings (SSSR count). The molecule has 0 saturated carbocycles. The standard InChI is InChI=1S/C16H20N2O3/c1-11-3-5-14(21-2)13(7-11)4-6-16(20)18-9-12(10-18)8-15(17)19/h3-7,12H,8-10H2,1-2H3,(H2,17,19). The number of carbonyl (C=O) groups is 2. The summed E-state index contributed by atoms with van der Waals surface area (Å²) < 4.78 is 5.27. The number of ether oxygens (including phenoxy) is 1. The van der Waals surface area contributed by atoms with Crippen LogP contribution in [0.5, 0.6) is 5.75 Å². The van der Waals surface area contributed by atoms with Crippen LogP contribution < -0.4 is 10.5 Å². The van der Waals surface area contributed by atoms with E-state index in [1.165, 1.54) is 6.08 Å². The summed E-state index contributed by atoms with van der Waals surface area (Å²) in [7, 11) is 1.60. The molecule has 1 saturated heterocycles. The highest BCUT2D eigenvalue weighted by molar-refractivity contribution is 5.92. The number of hydrogen-bond donors (Lipinski definition) is 1. The van der Waals surface area contributed by atoms with Gasteiger partial charge in [-0.25, -0.2) is 0 Å². The number of carbonyl (C=O) groups excluding carboxylic acids is 2. The molecule has 21 heavy (non-hydrogen) atoms.